The predicted molar refractivity (Wildman–Crippen MR) is 166 cm³/mol. The SMILES string of the molecule is c1ccc(N(c2ccccc2)c2cccc3c2-c2cccc4c2B3c2cccc3c5ccccc5n-4c23)cc1. The van der Waals surface area contributed by atoms with E-state index in [1.54, 1.807) is 0 Å². The first kappa shape index (κ1) is 21.0. The first-order chi connectivity index (χ1) is 19.4. The number of fused-ring (bicyclic) bond motifs is 8. The minimum Gasteiger partial charge on any atom is -0.310 e. The van der Waals surface area contributed by atoms with Crippen molar-refractivity contribution < 1.29 is 0 Å². The van der Waals surface area contributed by atoms with Gasteiger partial charge in [-0.3, -0.25) is 0 Å². The zero-order valence-corrected chi connectivity index (χ0v) is 21.3. The van der Waals surface area contributed by atoms with Crippen LogP contribution in [0.2, 0.25) is 0 Å². The molecule has 0 N–H and O–H groups in total. The van der Waals surface area contributed by atoms with Crippen LogP contribution in [-0.2, 0) is 0 Å². The van der Waals surface area contributed by atoms with Gasteiger partial charge in [-0.15, -0.1) is 0 Å². The monoisotopic (exact) mass is 494 g/mol. The van der Waals surface area contributed by atoms with Crippen molar-refractivity contribution in [1.29, 1.82) is 0 Å². The summed E-state index contributed by atoms with van der Waals surface area (Å²) in [5.41, 5.74) is 14.3. The smallest absolute Gasteiger partial charge is 0.248 e. The van der Waals surface area contributed by atoms with Crippen molar-refractivity contribution in [2.75, 3.05) is 4.90 Å². The normalized spacial score (nSPS) is 12.6. The number of anilines is 3. The number of rotatable bonds is 3. The van der Waals surface area contributed by atoms with Gasteiger partial charge >= 0.3 is 0 Å². The second kappa shape index (κ2) is 7.75. The van der Waals surface area contributed by atoms with E-state index in [0.717, 1.165) is 11.4 Å². The Kier molecular flexibility index (Phi) is 4.17. The van der Waals surface area contributed by atoms with Crippen LogP contribution in [0.4, 0.5) is 17.1 Å². The number of benzene rings is 6. The summed E-state index contributed by atoms with van der Waals surface area (Å²) in [6, 6.07) is 50.9. The number of hydrogen-bond donors (Lipinski definition) is 0. The number of hydrogen-bond acceptors (Lipinski definition) is 1. The second-order valence-corrected chi connectivity index (χ2v) is 10.5. The van der Waals surface area contributed by atoms with E-state index in [0.29, 0.717) is 0 Å². The first-order valence-electron chi connectivity index (χ1n) is 13.6. The molecule has 0 bridgehead atoms. The Morgan fingerprint density at radius 1 is 0.513 bits per heavy atom. The highest BCUT2D eigenvalue weighted by atomic mass is 15.1. The lowest BCUT2D eigenvalue weighted by molar-refractivity contribution is 1.19. The molecule has 0 fully saturated rings. The van der Waals surface area contributed by atoms with E-state index in [1.165, 1.54) is 60.7 Å². The Labute approximate surface area is 227 Å². The third-order valence-electron chi connectivity index (χ3n) is 8.57. The van der Waals surface area contributed by atoms with Crippen LogP contribution in [0.1, 0.15) is 0 Å². The van der Waals surface area contributed by atoms with Crippen molar-refractivity contribution in [3.05, 3.63) is 140 Å². The van der Waals surface area contributed by atoms with E-state index in [2.05, 4.69) is 149 Å². The molecule has 0 spiro atoms. The van der Waals surface area contributed by atoms with Crippen molar-refractivity contribution in [1.82, 2.24) is 4.57 Å². The molecule has 6 aromatic carbocycles. The van der Waals surface area contributed by atoms with Gasteiger partial charge in [0.2, 0.25) is 6.71 Å². The molecule has 0 unspecified atom stereocenters. The molecule has 0 amide bonds. The van der Waals surface area contributed by atoms with Gasteiger partial charge < -0.3 is 9.47 Å². The Bertz CT molecular complexity index is 2040. The summed E-state index contributed by atoms with van der Waals surface area (Å²) in [5.74, 6) is 0. The molecule has 1 aromatic heterocycles. The Balaban J connectivity index is 1.39. The highest BCUT2D eigenvalue weighted by molar-refractivity contribution is 7.01. The van der Waals surface area contributed by atoms with Crippen molar-refractivity contribution >= 4 is 62.0 Å². The molecule has 0 saturated heterocycles. The van der Waals surface area contributed by atoms with Gasteiger partial charge in [0.1, 0.15) is 0 Å². The van der Waals surface area contributed by atoms with Gasteiger partial charge in [-0.05, 0) is 59.0 Å². The van der Waals surface area contributed by atoms with Crippen LogP contribution in [-0.4, -0.2) is 11.3 Å². The summed E-state index contributed by atoms with van der Waals surface area (Å²) < 4.78 is 2.51. The summed E-state index contributed by atoms with van der Waals surface area (Å²) in [5, 5.41) is 2.65. The summed E-state index contributed by atoms with van der Waals surface area (Å²) in [6.07, 6.45) is 0. The molecule has 2 aliphatic rings. The van der Waals surface area contributed by atoms with Gasteiger partial charge in [-0.2, -0.15) is 0 Å². The minimum atomic E-state index is 0.208. The van der Waals surface area contributed by atoms with Gasteiger partial charge in [0, 0.05) is 38.9 Å². The zero-order valence-electron chi connectivity index (χ0n) is 21.3. The van der Waals surface area contributed by atoms with Crippen molar-refractivity contribution in [3.63, 3.8) is 0 Å². The summed E-state index contributed by atoms with van der Waals surface area (Å²) in [4.78, 5) is 2.41. The molecular weight excluding hydrogens is 471 g/mol. The van der Waals surface area contributed by atoms with Crippen molar-refractivity contribution in [2.24, 2.45) is 0 Å². The first-order valence-corrected chi connectivity index (χ1v) is 13.6. The maximum Gasteiger partial charge on any atom is 0.248 e. The van der Waals surface area contributed by atoms with Gasteiger partial charge in [-0.25, -0.2) is 0 Å². The fourth-order valence-electron chi connectivity index (χ4n) is 7.14. The van der Waals surface area contributed by atoms with Crippen molar-refractivity contribution in [3.8, 4) is 16.8 Å². The van der Waals surface area contributed by atoms with Gasteiger partial charge in [0.25, 0.3) is 0 Å². The molecule has 7 aromatic rings. The molecule has 0 atom stereocenters. The molecule has 3 heterocycles. The van der Waals surface area contributed by atoms with Crippen LogP contribution in [0, 0.1) is 0 Å². The Hall–Kier alpha value is -5.02. The topological polar surface area (TPSA) is 8.17 Å². The number of nitrogens with zero attached hydrogens (tertiary/aromatic N) is 2. The minimum absolute atomic E-state index is 0.208. The van der Waals surface area contributed by atoms with E-state index >= 15 is 0 Å². The molecule has 0 radical (unpaired) electrons. The van der Waals surface area contributed by atoms with E-state index in [9.17, 15) is 0 Å². The molecule has 39 heavy (non-hydrogen) atoms. The Morgan fingerprint density at radius 2 is 1.15 bits per heavy atom. The lowest BCUT2D eigenvalue weighted by Gasteiger charge is -2.28. The summed E-state index contributed by atoms with van der Waals surface area (Å²) in [7, 11) is 0. The lowest BCUT2D eigenvalue weighted by Crippen LogP contribution is -2.53. The third kappa shape index (κ3) is 2.72. The second-order valence-electron chi connectivity index (χ2n) is 10.5. The van der Waals surface area contributed by atoms with Gasteiger partial charge in [0.05, 0.1) is 11.2 Å². The van der Waals surface area contributed by atoms with Crippen LogP contribution in [0.25, 0.3) is 38.6 Å². The number of para-hydroxylation sites is 4. The quantitative estimate of drug-likeness (QED) is 0.239. The molecular formula is C36H23BN2. The summed E-state index contributed by atoms with van der Waals surface area (Å²) >= 11 is 0. The van der Waals surface area contributed by atoms with E-state index < -0.39 is 0 Å². The maximum atomic E-state index is 2.51. The molecule has 0 saturated carbocycles. The predicted octanol–water partition coefficient (Wildman–Crippen LogP) is 7.06. The fraction of sp³-hybridized carbons (Fsp3) is 0. The van der Waals surface area contributed by atoms with Crippen LogP contribution in [0.3, 0.4) is 0 Å². The molecule has 2 nitrogen and oxygen atoms in total. The average Bonchev–Trinajstić information content (AvgIpc) is 3.53. The van der Waals surface area contributed by atoms with Crippen LogP contribution >= 0.6 is 0 Å². The van der Waals surface area contributed by atoms with Gasteiger partial charge in [0.15, 0.2) is 0 Å². The highest BCUT2D eigenvalue weighted by Crippen LogP contribution is 2.43. The van der Waals surface area contributed by atoms with Crippen molar-refractivity contribution in [2.45, 2.75) is 0 Å². The fourth-order valence-corrected chi connectivity index (χ4v) is 7.14. The molecule has 9 rings (SSSR count). The maximum absolute atomic E-state index is 2.51. The third-order valence-corrected chi connectivity index (χ3v) is 8.57. The van der Waals surface area contributed by atoms with Gasteiger partial charge in [-0.1, -0.05) is 103 Å². The number of aromatic nitrogens is 1. The van der Waals surface area contributed by atoms with Crippen LogP contribution in [0.15, 0.2) is 140 Å². The summed E-state index contributed by atoms with van der Waals surface area (Å²) in [6.45, 7) is 0.208. The molecule has 0 aliphatic carbocycles. The lowest BCUT2D eigenvalue weighted by atomic mass is 9.37. The Morgan fingerprint density at radius 3 is 1.95 bits per heavy atom. The molecule has 180 valence electrons. The average molecular weight is 494 g/mol. The largest absolute Gasteiger partial charge is 0.310 e. The molecule has 3 heteroatoms. The standard InChI is InChI=1S/C36H23BN2/c1-3-12-24(13-4-1)38(25-14-5-2-6-15-25)32-22-11-19-29-34(32)28-18-10-23-33-35(28)37(29)30-20-9-17-27-26-16-7-8-21-31(26)39(33)36(27)30/h1-23H. The van der Waals surface area contributed by atoms with E-state index in [1.807, 2.05) is 0 Å². The van der Waals surface area contributed by atoms with E-state index in [-0.39, 0.29) is 6.71 Å². The van der Waals surface area contributed by atoms with Crippen LogP contribution < -0.4 is 21.3 Å². The van der Waals surface area contributed by atoms with Crippen LogP contribution in [0.5, 0.6) is 0 Å². The zero-order chi connectivity index (χ0) is 25.5. The highest BCUT2D eigenvalue weighted by Gasteiger charge is 2.42. The van der Waals surface area contributed by atoms with E-state index in [4.69, 9.17) is 0 Å². The molecule has 2 aliphatic heterocycles.